The van der Waals surface area contributed by atoms with Crippen LogP contribution in [0.25, 0.3) is 0 Å². The summed E-state index contributed by atoms with van der Waals surface area (Å²) in [5.74, 6) is 0.826. The number of hydrogen-bond acceptors (Lipinski definition) is 3. The Bertz CT molecular complexity index is 654. The van der Waals surface area contributed by atoms with Gasteiger partial charge < -0.3 is 9.80 Å². The van der Waals surface area contributed by atoms with Gasteiger partial charge in [-0.15, -0.1) is 0 Å². The minimum Gasteiger partial charge on any atom is -0.342 e. The fourth-order valence-corrected chi connectivity index (χ4v) is 4.48. The zero-order valence-corrected chi connectivity index (χ0v) is 16.0. The van der Waals surface area contributed by atoms with Crippen molar-refractivity contribution in [2.75, 3.05) is 27.2 Å². The Hall–Kier alpha value is -1.65. The van der Waals surface area contributed by atoms with Gasteiger partial charge in [-0.05, 0) is 61.3 Å². The molecule has 1 aliphatic heterocycles. The smallest absolute Gasteiger partial charge is 0.222 e. The van der Waals surface area contributed by atoms with E-state index in [1.807, 2.05) is 0 Å². The van der Waals surface area contributed by atoms with Crippen LogP contribution in [0.3, 0.4) is 0 Å². The van der Waals surface area contributed by atoms with E-state index in [9.17, 15) is 4.79 Å². The fourth-order valence-electron chi connectivity index (χ4n) is 3.78. The molecule has 0 radical (unpaired) electrons. The van der Waals surface area contributed by atoms with Gasteiger partial charge in [0.2, 0.25) is 5.91 Å². The second-order valence-corrected chi connectivity index (χ2v) is 7.94. The van der Waals surface area contributed by atoms with Crippen molar-refractivity contribution in [1.82, 2.24) is 9.80 Å². The Kier molecular flexibility index (Phi) is 6.27. The molecule has 1 amide bonds. The summed E-state index contributed by atoms with van der Waals surface area (Å²) in [5.41, 5.74) is 2.73. The van der Waals surface area contributed by atoms with Gasteiger partial charge in [0.05, 0.1) is 0 Å². The maximum Gasteiger partial charge on any atom is 0.222 e. The van der Waals surface area contributed by atoms with Gasteiger partial charge in [0, 0.05) is 31.5 Å². The Morgan fingerprint density at radius 1 is 1.28 bits per heavy atom. The lowest BCUT2D eigenvalue weighted by Gasteiger charge is -2.24. The van der Waals surface area contributed by atoms with E-state index in [0.29, 0.717) is 24.3 Å². The van der Waals surface area contributed by atoms with E-state index in [1.54, 1.807) is 11.3 Å². The highest BCUT2D eigenvalue weighted by molar-refractivity contribution is 7.07. The summed E-state index contributed by atoms with van der Waals surface area (Å²) >= 11 is 1.74. The molecule has 0 bridgehead atoms. The molecular weight excluding hydrogens is 328 g/mol. The van der Waals surface area contributed by atoms with E-state index in [4.69, 9.17) is 0 Å². The average Bonchev–Trinajstić information content (AvgIpc) is 3.30. The molecule has 0 saturated carbocycles. The van der Waals surface area contributed by atoms with Gasteiger partial charge >= 0.3 is 0 Å². The highest BCUT2D eigenvalue weighted by atomic mass is 32.1. The Labute approximate surface area is 155 Å². The van der Waals surface area contributed by atoms with Gasteiger partial charge in [-0.3, -0.25) is 4.79 Å². The highest BCUT2D eigenvalue weighted by Crippen LogP contribution is 2.29. The molecule has 2 heterocycles. The third-order valence-corrected chi connectivity index (χ3v) is 5.93. The van der Waals surface area contributed by atoms with Gasteiger partial charge in [0.25, 0.3) is 0 Å². The van der Waals surface area contributed by atoms with E-state index in [1.165, 1.54) is 11.1 Å². The van der Waals surface area contributed by atoms with Crippen LogP contribution >= 0.6 is 11.3 Å². The van der Waals surface area contributed by atoms with Crippen molar-refractivity contribution in [2.24, 2.45) is 0 Å². The number of benzene rings is 1. The topological polar surface area (TPSA) is 23.6 Å². The predicted molar refractivity (Wildman–Crippen MR) is 105 cm³/mol. The average molecular weight is 357 g/mol. The highest BCUT2D eigenvalue weighted by Gasteiger charge is 2.27. The zero-order chi connectivity index (χ0) is 17.6. The van der Waals surface area contributed by atoms with Crippen LogP contribution in [-0.2, 0) is 4.79 Å². The van der Waals surface area contributed by atoms with Crippen LogP contribution in [-0.4, -0.2) is 42.9 Å². The molecule has 25 heavy (non-hydrogen) atoms. The minimum atomic E-state index is 0.321. The van der Waals surface area contributed by atoms with Crippen LogP contribution in [0.15, 0.2) is 47.2 Å². The molecule has 1 aliphatic rings. The number of nitrogens with zero attached hydrogens (tertiary/aromatic N) is 2. The number of hydrogen-bond donors (Lipinski definition) is 0. The summed E-state index contributed by atoms with van der Waals surface area (Å²) < 4.78 is 0. The summed E-state index contributed by atoms with van der Waals surface area (Å²) in [7, 11) is 4.24. The van der Waals surface area contributed by atoms with Crippen molar-refractivity contribution in [3.8, 4) is 0 Å². The monoisotopic (exact) mass is 356 g/mol. The van der Waals surface area contributed by atoms with Gasteiger partial charge in [-0.1, -0.05) is 30.3 Å². The molecule has 2 atom stereocenters. The van der Waals surface area contributed by atoms with E-state index >= 15 is 0 Å². The van der Waals surface area contributed by atoms with Crippen molar-refractivity contribution in [3.63, 3.8) is 0 Å². The Morgan fingerprint density at radius 2 is 2.08 bits per heavy atom. The lowest BCUT2D eigenvalue weighted by Crippen LogP contribution is -2.28. The second-order valence-electron chi connectivity index (χ2n) is 7.16. The lowest BCUT2D eigenvalue weighted by molar-refractivity contribution is -0.130. The van der Waals surface area contributed by atoms with Crippen molar-refractivity contribution >= 4 is 17.2 Å². The van der Waals surface area contributed by atoms with E-state index < -0.39 is 0 Å². The van der Waals surface area contributed by atoms with E-state index in [2.05, 4.69) is 71.1 Å². The van der Waals surface area contributed by atoms with Crippen molar-refractivity contribution in [2.45, 2.75) is 37.6 Å². The van der Waals surface area contributed by atoms with Crippen molar-refractivity contribution in [3.05, 3.63) is 58.3 Å². The number of amides is 1. The van der Waals surface area contributed by atoms with Gasteiger partial charge in [-0.2, -0.15) is 11.3 Å². The molecule has 1 saturated heterocycles. The first kappa shape index (κ1) is 18.2. The van der Waals surface area contributed by atoms with Gasteiger partial charge in [0.1, 0.15) is 0 Å². The molecule has 1 aromatic carbocycles. The number of thiophene rings is 1. The maximum atomic E-state index is 12.6. The molecule has 0 N–H and O–H groups in total. The second kappa shape index (κ2) is 8.63. The van der Waals surface area contributed by atoms with Crippen LogP contribution in [0.5, 0.6) is 0 Å². The maximum absolute atomic E-state index is 12.6. The molecule has 0 spiro atoms. The molecule has 1 fully saturated rings. The first-order chi connectivity index (χ1) is 12.1. The lowest BCUT2D eigenvalue weighted by atomic mass is 9.99. The summed E-state index contributed by atoms with van der Waals surface area (Å²) in [6, 6.07) is 13.2. The number of rotatable bonds is 7. The molecule has 0 unspecified atom stereocenters. The standard InChI is InChI=1S/C21H28N2OS/c1-22(2)20(19-12-14-25-16-19)9-6-10-21(24)23-13-11-18(15-23)17-7-4-3-5-8-17/h3-5,7-8,12,14,16,18,20H,6,9-11,13,15H2,1-2H3/t18-,20+/m1/s1. The van der Waals surface area contributed by atoms with Crippen molar-refractivity contribution < 1.29 is 4.79 Å². The molecule has 3 rings (SSSR count). The van der Waals surface area contributed by atoms with E-state index in [-0.39, 0.29) is 0 Å². The molecule has 3 nitrogen and oxygen atoms in total. The van der Waals surface area contributed by atoms with Crippen LogP contribution in [0, 0.1) is 0 Å². The van der Waals surface area contributed by atoms with E-state index in [0.717, 1.165) is 32.4 Å². The quantitative estimate of drug-likeness (QED) is 0.727. The summed E-state index contributed by atoms with van der Waals surface area (Å²) in [6.07, 6.45) is 3.73. The summed E-state index contributed by atoms with van der Waals surface area (Å²) in [4.78, 5) is 16.9. The molecular formula is C21H28N2OS. The number of likely N-dealkylation sites (tertiary alicyclic amines) is 1. The Balaban J connectivity index is 1.47. The Morgan fingerprint density at radius 3 is 2.76 bits per heavy atom. The largest absolute Gasteiger partial charge is 0.342 e. The molecule has 134 valence electrons. The fraction of sp³-hybridized carbons (Fsp3) is 0.476. The summed E-state index contributed by atoms with van der Waals surface area (Å²) in [5, 5.41) is 4.35. The normalized spacial score (nSPS) is 18.7. The number of carbonyl (C=O) groups is 1. The van der Waals surface area contributed by atoms with Crippen LogP contribution in [0.2, 0.25) is 0 Å². The zero-order valence-electron chi connectivity index (χ0n) is 15.2. The third kappa shape index (κ3) is 4.71. The van der Waals surface area contributed by atoms with Gasteiger partial charge in [-0.25, -0.2) is 0 Å². The molecule has 4 heteroatoms. The summed E-state index contributed by atoms with van der Waals surface area (Å²) in [6.45, 7) is 1.78. The van der Waals surface area contributed by atoms with Crippen molar-refractivity contribution in [1.29, 1.82) is 0 Å². The third-order valence-electron chi connectivity index (χ3n) is 5.23. The first-order valence-corrected chi connectivity index (χ1v) is 10.1. The minimum absolute atomic E-state index is 0.321. The number of carbonyl (C=O) groups excluding carboxylic acids is 1. The van der Waals surface area contributed by atoms with Gasteiger partial charge in [0.15, 0.2) is 0 Å². The first-order valence-electron chi connectivity index (χ1n) is 9.16. The van der Waals surface area contributed by atoms with Crippen LogP contribution in [0.4, 0.5) is 0 Å². The van der Waals surface area contributed by atoms with Crippen LogP contribution < -0.4 is 0 Å². The SMILES string of the molecule is CN(C)[C@@H](CCCC(=O)N1CC[C@@H](c2ccccc2)C1)c1ccsc1. The molecule has 2 aromatic rings. The van der Waals surface area contributed by atoms with Crippen LogP contribution in [0.1, 0.15) is 48.8 Å². The molecule has 0 aliphatic carbocycles. The predicted octanol–water partition coefficient (Wildman–Crippen LogP) is 4.54. The molecule has 1 aromatic heterocycles.